The highest BCUT2D eigenvalue weighted by atomic mass is 127. The summed E-state index contributed by atoms with van der Waals surface area (Å²) in [5.74, 6) is 0.798. The van der Waals surface area contributed by atoms with Crippen LogP contribution in [0.5, 0.6) is 11.5 Å². The maximum absolute atomic E-state index is 10.9. The number of phenolic OH excluding ortho intramolecular Hbond substituents is 2. The van der Waals surface area contributed by atoms with E-state index in [2.05, 4.69) is 66.2 Å². The third-order valence-electron chi connectivity index (χ3n) is 4.92. The van der Waals surface area contributed by atoms with Crippen molar-refractivity contribution in [3.8, 4) is 22.6 Å². The molecule has 0 spiro atoms. The lowest BCUT2D eigenvalue weighted by molar-refractivity contribution is -0.884. The molecule has 0 fully saturated rings. The van der Waals surface area contributed by atoms with E-state index in [1.807, 2.05) is 0 Å². The van der Waals surface area contributed by atoms with Gasteiger partial charge in [-0.1, -0.05) is 39.7 Å². The van der Waals surface area contributed by atoms with Gasteiger partial charge in [-0.15, -0.1) is 0 Å². The van der Waals surface area contributed by atoms with Crippen molar-refractivity contribution < 1.29 is 38.7 Å². The Morgan fingerprint density at radius 3 is 1.79 bits per heavy atom. The van der Waals surface area contributed by atoms with Gasteiger partial charge in [0.05, 0.1) is 21.1 Å². The number of rotatable bonds is 8. The third-order valence-corrected chi connectivity index (χ3v) is 4.92. The van der Waals surface area contributed by atoms with Crippen LogP contribution in [0.25, 0.3) is 11.1 Å². The molecule has 3 nitrogen and oxygen atoms in total. The Balaban J connectivity index is 0.00000392. The van der Waals surface area contributed by atoms with Crippen LogP contribution in [0, 0.1) is 0 Å². The topological polar surface area (TPSA) is 40.5 Å². The minimum Gasteiger partial charge on any atom is -1.00 e. The van der Waals surface area contributed by atoms with Gasteiger partial charge < -0.3 is 38.7 Å². The van der Waals surface area contributed by atoms with E-state index in [1.54, 1.807) is 0 Å². The first-order chi connectivity index (χ1) is 12.7. The van der Waals surface area contributed by atoms with E-state index in [0.29, 0.717) is 11.5 Å². The molecule has 2 N–H and O–H groups in total. The van der Waals surface area contributed by atoms with E-state index in [9.17, 15) is 10.2 Å². The Morgan fingerprint density at radius 1 is 0.750 bits per heavy atom. The maximum Gasteiger partial charge on any atom is 0.127 e. The van der Waals surface area contributed by atoms with Crippen LogP contribution in [0.1, 0.15) is 55.9 Å². The Labute approximate surface area is 188 Å². The smallest absolute Gasteiger partial charge is 0.127 e. The molecule has 0 unspecified atom stereocenters. The summed E-state index contributed by atoms with van der Waals surface area (Å²) in [6, 6.07) is 8.35. The number of hydrogen-bond acceptors (Lipinski definition) is 2. The SMILES string of the molecule is CCCc1cc(-c2cc(CC)cc(CCC)c2O)cc(C[N+](C)(C)C)c1O.[I-]. The predicted octanol–water partition coefficient (Wildman–Crippen LogP) is 2.44. The quantitative estimate of drug-likeness (QED) is 0.435. The van der Waals surface area contributed by atoms with Crippen molar-refractivity contribution in [2.75, 3.05) is 21.1 Å². The molecule has 2 aromatic carbocycles. The lowest BCUT2D eigenvalue weighted by Crippen LogP contribution is -3.00. The van der Waals surface area contributed by atoms with Crippen LogP contribution in [-0.2, 0) is 25.8 Å². The van der Waals surface area contributed by atoms with E-state index >= 15 is 0 Å². The molecule has 0 radical (unpaired) electrons. The summed E-state index contributed by atoms with van der Waals surface area (Å²) in [7, 11) is 6.38. The Hall–Kier alpha value is -1.27. The molecule has 4 heteroatoms. The zero-order chi connectivity index (χ0) is 20.2. The zero-order valence-corrected chi connectivity index (χ0v) is 20.4. The molecule has 0 saturated carbocycles. The van der Waals surface area contributed by atoms with E-state index in [1.165, 1.54) is 5.56 Å². The number of aryl methyl sites for hydroxylation is 3. The number of phenols is 2. The van der Waals surface area contributed by atoms with Crippen molar-refractivity contribution in [1.29, 1.82) is 0 Å². The second-order valence-corrected chi connectivity index (χ2v) is 8.60. The fourth-order valence-corrected chi connectivity index (χ4v) is 3.65. The van der Waals surface area contributed by atoms with Crippen LogP contribution in [0.4, 0.5) is 0 Å². The molecule has 28 heavy (non-hydrogen) atoms. The van der Waals surface area contributed by atoms with Crippen LogP contribution >= 0.6 is 0 Å². The summed E-state index contributed by atoms with van der Waals surface area (Å²) < 4.78 is 0.741. The van der Waals surface area contributed by atoms with Gasteiger partial charge in [-0.3, -0.25) is 0 Å². The van der Waals surface area contributed by atoms with Crippen molar-refractivity contribution in [3.05, 3.63) is 46.5 Å². The minimum atomic E-state index is 0. The Bertz CT molecular complexity index is 794. The van der Waals surface area contributed by atoms with Gasteiger partial charge in [0.2, 0.25) is 0 Å². The van der Waals surface area contributed by atoms with Crippen molar-refractivity contribution in [1.82, 2.24) is 0 Å². The summed E-state index contributed by atoms with van der Waals surface area (Å²) in [4.78, 5) is 0. The molecule has 0 aliphatic heterocycles. The lowest BCUT2D eigenvalue weighted by Gasteiger charge is -2.25. The molecule has 0 aromatic heterocycles. The number of quaternary nitrogens is 1. The number of aromatic hydroxyl groups is 2. The molecule has 0 saturated heterocycles. The normalized spacial score (nSPS) is 11.4. The third kappa shape index (κ3) is 6.11. The highest BCUT2D eigenvalue weighted by Crippen LogP contribution is 2.38. The average molecular weight is 497 g/mol. The Morgan fingerprint density at radius 2 is 1.29 bits per heavy atom. The first kappa shape index (κ1) is 24.8. The van der Waals surface area contributed by atoms with Gasteiger partial charge in [-0.25, -0.2) is 0 Å². The molecule has 2 aromatic rings. The Kier molecular flexibility index (Phi) is 9.28. The molecule has 0 aliphatic rings. The summed E-state index contributed by atoms with van der Waals surface area (Å²) >= 11 is 0. The first-order valence-corrected chi connectivity index (χ1v) is 10.2. The van der Waals surface area contributed by atoms with Gasteiger partial charge in [0.25, 0.3) is 0 Å². The molecule has 0 amide bonds. The monoisotopic (exact) mass is 497 g/mol. The summed E-state index contributed by atoms with van der Waals surface area (Å²) in [5, 5.41) is 21.7. The molecular formula is C24H36INO2. The fourth-order valence-electron chi connectivity index (χ4n) is 3.65. The van der Waals surface area contributed by atoms with Gasteiger partial charge in [0.15, 0.2) is 0 Å². The first-order valence-electron chi connectivity index (χ1n) is 10.2. The zero-order valence-electron chi connectivity index (χ0n) is 18.3. The van der Waals surface area contributed by atoms with Gasteiger partial charge >= 0.3 is 0 Å². The molecule has 156 valence electrons. The van der Waals surface area contributed by atoms with Crippen LogP contribution in [0.2, 0.25) is 0 Å². The summed E-state index contributed by atoms with van der Waals surface area (Å²) in [5.41, 5.74) is 6.07. The van der Waals surface area contributed by atoms with Crippen molar-refractivity contribution in [2.24, 2.45) is 0 Å². The summed E-state index contributed by atoms with van der Waals surface area (Å²) in [6.07, 6.45) is 4.63. The van der Waals surface area contributed by atoms with Crippen molar-refractivity contribution in [2.45, 2.75) is 59.4 Å². The second-order valence-electron chi connectivity index (χ2n) is 8.60. The van der Waals surface area contributed by atoms with Crippen LogP contribution in [-0.4, -0.2) is 35.8 Å². The van der Waals surface area contributed by atoms with E-state index in [-0.39, 0.29) is 24.0 Å². The fraction of sp³-hybridized carbons (Fsp3) is 0.500. The van der Waals surface area contributed by atoms with Gasteiger partial charge in [-0.05, 0) is 59.7 Å². The molecule has 0 atom stereocenters. The maximum atomic E-state index is 10.9. The molecule has 2 rings (SSSR count). The second kappa shape index (κ2) is 10.5. The molecule has 0 heterocycles. The lowest BCUT2D eigenvalue weighted by atomic mass is 9.91. The molecule has 0 bridgehead atoms. The van der Waals surface area contributed by atoms with Crippen LogP contribution < -0.4 is 24.0 Å². The average Bonchev–Trinajstić information content (AvgIpc) is 2.59. The van der Waals surface area contributed by atoms with Gasteiger partial charge in [0.1, 0.15) is 18.0 Å². The molecule has 0 aliphatic carbocycles. The van der Waals surface area contributed by atoms with Crippen LogP contribution in [0.15, 0.2) is 24.3 Å². The highest BCUT2D eigenvalue weighted by Gasteiger charge is 2.19. The van der Waals surface area contributed by atoms with E-state index in [0.717, 1.165) is 70.9 Å². The molecular weight excluding hydrogens is 461 g/mol. The number of hydrogen-bond donors (Lipinski definition) is 2. The largest absolute Gasteiger partial charge is 1.00 e. The van der Waals surface area contributed by atoms with Gasteiger partial charge in [0, 0.05) is 11.1 Å². The minimum absolute atomic E-state index is 0. The summed E-state index contributed by atoms with van der Waals surface area (Å²) in [6.45, 7) is 7.15. The van der Waals surface area contributed by atoms with E-state index < -0.39 is 0 Å². The predicted molar refractivity (Wildman–Crippen MR) is 114 cm³/mol. The van der Waals surface area contributed by atoms with Crippen molar-refractivity contribution >= 4 is 0 Å². The van der Waals surface area contributed by atoms with Gasteiger partial charge in [-0.2, -0.15) is 0 Å². The van der Waals surface area contributed by atoms with E-state index in [4.69, 9.17) is 0 Å². The number of nitrogens with zero attached hydrogens (tertiary/aromatic N) is 1. The van der Waals surface area contributed by atoms with Crippen LogP contribution in [0.3, 0.4) is 0 Å². The number of halogens is 1. The van der Waals surface area contributed by atoms with Crippen molar-refractivity contribution in [3.63, 3.8) is 0 Å². The number of benzene rings is 2. The highest BCUT2D eigenvalue weighted by molar-refractivity contribution is 5.75. The standard InChI is InChI=1S/C24H35NO2.HI/c1-7-10-18-12-17(9-3)13-22(24(18)27)20-14-19(11-8-2)23(26)21(15-20)16-25(4,5)6;/h12-15H,7-11,16H2,1-6H3,(H-,26,27);1H.